The van der Waals surface area contributed by atoms with Crippen LogP contribution in [0.2, 0.25) is 10.0 Å². The van der Waals surface area contributed by atoms with Gasteiger partial charge >= 0.3 is 0 Å². The molecular weight excluding hydrogens is 255 g/mol. The summed E-state index contributed by atoms with van der Waals surface area (Å²) >= 11 is 12.0. The fourth-order valence-electron chi connectivity index (χ4n) is 2.32. The number of benzene rings is 1. The highest BCUT2D eigenvalue weighted by Gasteiger charge is 2.26. The summed E-state index contributed by atoms with van der Waals surface area (Å²) in [5.74, 6) is 0. The molecule has 1 saturated heterocycles. The van der Waals surface area contributed by atoms with Crippen molar-refractivity contribution in [2.45, 2.75) is 25.9 Å². The van der Waals surface area contributed by atoms with Crippen molar-refractivity contribution in [1.29, 1.82) is 0 Å². The molecule has 94 valence electrons. The van der Waals surface area contributed by atoms with Crippen LogP contribution in [0.4, 0.5) is 5.69 Å². The van der Waals surface area contributed by atoms with Crippen molar-refractivity contribution in [2.24, 2.45) is 0 Å². The number of piperazine rings is 1. The molecule has 1 aromatic carbocycles. The Balaban J connectivity index is 2.23. The van der Waals surface area contributed by atoms with E-state index in [-0.39, 0.29) is 0 Å². The number of hydrogen-bond donors (Lipinski definition) is 0. The van der Waals surface area contributed by atoms with Gasteiger partial charge in [-0.05, 0) is 39.1 Å². The van der Waals surface area contributed by atoms with E-state index in [2.05, 4.69) is 30.7 Å². The Morgan fingerprint density at radius 1 is 1.06 bits per heavy atom. The van der Waals surface area contributed by atoms with Crippen LogP contribution in [0.3, 0.4) is 0 Å². The molecule has 4 heteroatoms. The smallest absolute Gasteiger partial charge is 0.0612 e. The average Bonchev–Trinajstić information content (AvgIpc) is 2.27. The van der Waals surface area contributed by atoms with E-state index in [0.717, 1.165) is 18.8 Å². The molecule has 1 aliphatic heterocycles. The monoisotopic (exact) mass is 272 g/mol. The maximum atomic E-state index is 6.08. The molecule has 2 rings (SSSR count). The Labute approximate surface area is 113 Å². The van der Waals surface area contributed by atoms with Gasteiger partial charge in [0.1, 0.15) is 0 Å². The van der Waals surface area contributed by atoms with Crippen molar-refractivity contribution in [3.05, 3.63) is 28.2 Å². The molecule has 1 fully saturated rings. The first kappa shape index (κ1) is 13.0. The van der Waals surface area contributed by atoms with Crippen LogP contribution in [0.1, 0.15) is 13.8 Å². The molecule has 0 amide bonds. The van der Waals surface area contributed by atoms with E-state index in [9.17, 15) is 0 Å². The van der Waals surface area contributed by atoms with Gasteiger partial charge in [0.25, 0.3) is 0 Å². The fourth-order valence-corrected chi connectivity index (χ4v) is 2.62. The number of likely N-dealkylation sites (N-methyl/N-ethyl adjacent to an activating group) is 1. The van der Waals surface area contributed by atoms with Crippen LogP contribution in [0, 0.1) is 0 Å². The molecule has 0 spiro atoms. The van der Waals surface area contributed by atoms with Crippen LogP contribution in [0.25, 0.3) is 0 Å². The van der Waals surface area contributed by atoms with Crippen LogP contribution in [-0.2, 0) is 0 Å². The minimum atomic E-state index is 0.494. The molecule has 0 aromatic heterocycles. The van der Waals surface area contributed by atoms with E-state index in [1.54, 1.807) is 0 Å². The molecule has 1 aliphatic rings. The van der Waals surface area contributed by atoms with Crippen molar-refractivity contribution in [2.75, 3.05) is 25.0 Å². The molecule has 0 N–H and O–H groups in total. The highest BCUT2D eigenvalue weighted by Crippen LogP contribution is 2.29. The molecule has 0 bridgehead atoms. The van der Waals surface area contributed by atoms with E-state index in [4.69, 9.17) is 23.2 Å². The molecule has 0 aliphatic carbocycles. The number of nitrogens with zero attached hydrogens (tertiary/aromatic N) is 2. The Hall–Kier alpha value is -0.440. The second kappa shape index (κ2) is 5.05. The van der Waals surface area contributed by atoms with Gasteiger partial charge in [-0.25, -0.2) is 0 Å². The molecule has 2 nitrogen and oxygen atoms in total. The van der Waals surface area contributed by atoms with E-state index < -0.39 is 0 Å². The van der Waals surface area contributed by atoms with Crippen LogP contribution in [0.15, 0.2) is 18.2 Å². The number of hydrogen-bond acceptors (Lipinski definition) is 2. The first-order valence-electron chi connectivity index (χ1n) is 5.91. The summed E-state index contributed by atoms with van der Waals surface area (Å²) in [4.78, 5) is 4.78. The van der Waals surface area contributed by atoms with Crippen molar-refractivity contribution >= 4 is 28.9 Å². The van der Waals surface area contributed by atoms with E-state index in [0.29, 0.717) is 22.1 Å². The molecule has 0 saturated carbocycles. The van der Waals surface area contributed by atoms with Crippen molar-refractivity contribution < 1.29 is 0 Å². The van der Waals surface area contributed by atoms with Gasteiger partial charge in [-0.2, -0.15) is 0 Å². The molecule has 1 aromatic rings. The summed E-state index contributed by atoms with van der Waals surface area (Å²) in [6.07, 6.45) is 0. The highest BCUT2D eigenvalue weighted by molar-refractivity contribution is 6.42. The van der Waals surface area contributed by atoms with E-state index in [1.165, 1.54) is 0 Å². The normalized spacial score (nSPS) is 26.3. The number of anilines is 1. The molecule has 17 heavy (non-hydrogen) atoms. The molecule has 0 radical (unpaired) electrons. The third kappa shape index (κ3) is 2.70. The summed E-state index contributed by atoms with van der Waals surface area (Å²) < 4.78 is 0. The third-order valence-electron chi connectivity index (χ3n) is 3.53. The van der Waals surface area contributed by atoms with Gasteiger partial charge < -0.3 is 4.90 Å². The van der Waals surface area contributed by atoms with Crippen LogP contribution >= 0.6 is 23.2 Å². The largest absolute Gasteiger partial charge is 0.366 e. The van der Waals surface area contributed by atoms with Gasteiger partial charge in [-0.15, -0.1) is 0 Å². The summed E-state index contributed by atoms with van der Waals surface area (Å²) in [5, 5.41) is 1.24. The minimum Gasteiger partial charge on any atom is -0.366 e. The van der Waals surface area contributed by atoms with E-state index in [1.807, 2.05) is 18.2 Å². The average molecular weight is 273 g/mol. The lowest BCUT2D eigenvalue weighted by molar-refractivity contribution is 0.206. The topological polar surface area (TPSA) is 6.48 Å². The van der Waals surface area contributed by atoms with Crippen molar-refractivity contribution in [1.82, 2.24) is 4.90 Å². The zero-order chi connectivity index (χ0) is 12.6. The van der Waals surface area contributed by atoms with Gasteiger partial charge in [0.05, 0.1) is 10.0 Å². The van der Waals surface area contributed by atoms with Gasteiger partial charge in [-0.3, -0.25) is 4.90 Å². The molecule has 1 heterocycles. The zero-order valence-corrected chi connectivity index (χ0v) is 12.0. The lowest BCUT2D eigenvalue weighted by Crippen LogP contribution is -2.55. The Morgan fingerprint density at radius 3 is 2.41 bits per heavy atom. The molecule has 2 atom stereocenters. The zero-order valence-electron chi connectivity index (χ0n) is 10.5. The van der Waals surface area contributed by atoms with Gasteiger partial charge in [0.2, 0.25) is 0 Å². The minimum absolute atomic E-state index is 0.494. The van der Waals surface area contributed by atoms with Gasteiger partial charge in [0, 0.05) is 30.9 Å². The third-order valence-corrected chi connectivity index (χ3v) is 4.27. The van der Waals surface area contributed by atoms with Crippen molar-refractivity contribution in [3.8, 4) is 0 Å². The fraction of sp³-hybridized carbons (Fsp3) is 0.538. The molecule has 0 unspecified atom stereocenters. The summed E-state index contributed by atoms with van der Waals surface area (Å²) in [6.45, 7) is 6.58. The lowest BCUT2D eigenvalue weighted by Gasteiger charge is -2.43. The maximum Gasteiger partial charge on any atom is 0.0612 e. The van der Waals surface area contributed by atoms with E-state index >= 15 is 0 Å². The quantitative estimate of drug-likeness (QED) is 0.772. The number of halogens is 2. The first-order chi connectivity index (χ1) is 7.99. The second-order valence-corrected chi connectivity index (χ2v) is 5.70. The van der Waals surface area contributed by atoms with Crippen LogP contribution in [-0.4, -0.2) is 37.1 Å². The van der Waals surface area contributed by atoms with Crippen molar-refractivity contribution in [3.63, 3.8) is 0 Å². The predicted octanol–water partition coefficient (Wildman–Crippen LogP) is 3.52. The van der Waals surface area contributed by atoms with Crippen LogP contribution < -0.4 is 4.90 Å². The molecular formula is C13H18Cl2N2. The van der Waals surface area contributed by atoms with Crippen LogP contribution in [0.5, 0.6) is 0 Å². The first-order valence-corrected chi connectivity index (χ1v) is 6.66. The SMILES string of the molecule is C[C@@H]1CN(c2ccc(Cl)c(Cl)c2)[C@@H](C)CN1C. The number of rotatable bonds is 1. The maximum absolute atomic E-state index is 6.08. The standard InChI is InChI=1S/C13H18Cl2N2/c1-9-8-17(10(2)7-16(9)3)11-4-5-12(14)13(15)6-11/h4-6,9-10H,7-8H2,1-3H3/t9-,10+/m1/s1. The predicted molar refractivity (Wildman–Crippen MR) is 75.4 cm³/mol. The Bertz CT molecular complexity index is 408. The summed E-state index contributed by atoms with van der Waals surface area (Å²) in [5.41, 5.74) is 1.16. The summed E-state index contributed by atoms with van der Waals surface area (Å²) in [6, 6.07) is 6.92. The lowest BCUT2D eigenvalue weighted by atomic mass is 10.1. The Kier molecular flexibility index (Phi) is 3.86. The second-order valence-electron chi connectivity index (χ2n) is 4.89. The Morgan fingerprint density at radius 2 is 1.76 bits per heavy atom. The highest BCUT2D eigenvalue weighted by atomic mass is 35.5. The van der Waals surface area contributed by atoms with Gasteiger partial charge in [-0.1, -0.05) is 23.2 Å². The van der Waals surface area contributed by atoms with Gasteiger partial charge in [0.15, 0.2) is 0 Å². The summed E-state index contributed by atoms with van der Waals surface area (Å²) in [7, 11) is 2.17.